The highest BCUT2D eigenvalue weighted by Crippen LogP contribution is 2.47. The van der Waals surface area contributed by atoms with Crippen LogP contribution < -0.4 is 16.4 Å². The second-order valence-electron chi connectivity index (χ2n) is 10.2. The van der Waals surface area contributed by atoms with E-state index in [1.165, 1.54) is 13.3 Å². The average Bonchev–Trinajstić information content (AvgIpc) is 3.47. The summed E-state index contributed by atoms with van der Waals surface area (Å²) >= 11 is 0. The van der Waals surface area contributed by atoms with Gasteiger partial charge in [0.05, 0.1) is 41.3 Å². The van der Waals surface area contributed by atoms with E-state index in [2.05, 4.69) is 26.8 Å². The van der Waals surface area contributed by atoms with E-state index in [0.29, 0.717) is 42.8 Å². The van der Waals surface area contributed by atoms with E-state index in [4.69, 9.17) is 10.5 Å². The van der Waals surface area contributed by atoms with Crippen LogP contribution in [-0.4, -0.2) is 70.1 Å². The third-order valence-corrected chi connectivity index (χ3v) is 7.41. The Morgan fingerprint density at radius 2 is 2.03 bits per heavy atom. The summed E-state index contributed by atoms with van der Waals surface area (Å²) in [6.45, 7) is 3.26. The quantitative estimate of drug-likeness (QED) is 0.372. The van der Waals surface area contributed by atoms with Crippen LogP contribution in [0.2, 0.25) is 0 Å². The first-order valence-electron chi connectivity index (χ1n) is 12.7. The zero-order chi connectivity index (χ0) is 27.7. The van der Waals surface area contributed by atoms with Crippen LogP contribution in [0.4, 0.5) is 5.69 Å². The summed E-state index contributed by atoms with van der Waals surface area (Å²) in [4.78, 5) is 43.1. The molecule has 2 fully saturated rings. The highest BCUT2D eigenvalue weighted by molar-refractivity contribution is 6.02. The number of aromatic nitrogens is 3. The van der Waals surface area contributed by atoms with Crippen LogP contribution in [0, 0.1) is 22.7 Å². The number of nitriles is 1. The molecule has 4 heterocycles. The Labute approximate surface area is 225 Å². The van der Waals surface area contributed by atoms with Gasteiger partial charge in [0.25, 0.3) is 5.91 Å². The standard InChI is InChI=1S/C27H30N8O4/c1-16-11-34(26(38)27(15-28)5-6-27)13-21(16)33-24-20(25(29)37)10-32-35-12-18(7-22(24)35)17-3-4-19(30-8-17)9-31-23(36)14-39-2/h3-4,7-8,10,12,16,21,33H,5-6,9,11,13-14H2,1-2H3,(H2,29,37)(H,31,36). The third kappa shape index (κ3) is 5.13. The molecule has 4 N–H and O–H groups in total. The van der Waals surface area contributed by atoms with Crippen LogP contribution in [-0.2, 0) is 20.9 Å². The molecule has 3 aromatic heterocycles. The second-order valence-corrected chi connectivity index (χ2v) is 10.2. The van der Waals surface area contributed by atoms with Crippen LogP contribution >= 0.6 is 0 Å². The Kier molecular flexibility index (Phi) is 6.93. The lowest BCUT2D eigenvalue weighted by Crippen LogP contribution is -2.36. The van der Waals surface area contributed by atoms with Gasteiger partial charge in [0.2, 0.25) is 11.8 Å². The molecule has 12 nitrogen and oxygen atoms in total. The van der Waals surface area contributed by atoms with Gasteiger partial charge in [-0.15, -0.1) is 0 Å². The molecule has 2 aliphatic rings. The average molecular weight is 531 g/mol. The molecule has 2 atom stereocenters. The van der Waals surface area contributed by atoms with Gasteiger partial charge in [-0.25, -0.2) is 4.52 Å². The first-order valence-corrected chi connectivity index (χ1v) is 12.7. The Bertz CT molecular complexity index is 1470. The summed E-state index contributed by atoms with van der Waals surface area (Å²) in [5, 5.41) is 20.0. The topological polar surface area (TPSA) is 168 Å². The van der Waals surface area contributed by atoms with E-state index in [0.717, 1.165) is 11.1 Å². The number of methoxy groups -OCH3 is 1. The van der Waals surface area contributed by atoms with E-state index < -0.39 is 11.3 Å². The molecule has 1 aliphatic heterocycles. The molecule has 1 saturated carbocycles. The van der Waals surface area contributed by atoms with Crippen molar-refractivity contribution in [3.8, 4) is 17.2 Å². The number of carbonyl (C=O) groups excluding carboxylic acids is 3. The number of carbonyl (C=O) groups is 3. The molecular formula is C27H30N8O4. The van der Waals surface area contributed by atoms with Crippen molar-refractivity contribution in [2.45, 2.75) is 32.4 Å². The molecule has 3 amide bonds. The first kappa shape index (κ1) is 26.1. The lowest BCUT2D eigenvalue weighted by molar-refractivity contribution is -0.134. The SMILES string of the molecule is COCC(=O)NCc1ccc(-c2cc3c(NC4CN(C(=O)C5(C#N)CC5)CC4C)c(C(N)=O)cnn3c2)cn1. The third-order valence-electron chi connectivity index (χ3n) is 7.41. The molecule has 0 aromatic carbocycles. The van der Waals surface area contributed by atoms with Crippen molar-refractivity contribution in [1.82, 2.24) is 24.8 Å². The summed E-state index contributed by atoms with van der Waals surface area (Å²) in [6.07, 6.45) is 6.18. The van der Waals surface area contributed by atoms with Gasteiger partial charge in [0.15, 0.2) is 0 Å². The summed E-state index contributed by atoms with van der Waals surface area (Å²) in [6, 6.07) is 7.66. The van der Waals surface area contributed by atoms with Crippen molar-refractivity contribution in [2.24, 2.45) is 17.1 Å². The number of hydrogen-bond donors (Lipinski definition) is 3. The Morgan fingerprint density at radius 1 is 1.23 bits per heavy atom. The summed E-state index contributed by atoms with van der Waals surface area (Å²) in [7, 11) is 1.46. The van der Waals surface area contributed by atoms with Gasteiger partial charge in [0.1, 0.15) is 12.0 Å². The largest absolute Gasteiger partial charge is 0.378 e. The van der Waals surface area contributed by atoms with E-state index in [1.54, 1.807) is 15.6 Å². The number of likely N-dealkylation sites (tertiary alicyclic amines) is 1. The number of primary amides is 1. The summed E-state index contributed by atoms with van der Waals surface area (Å²) < 4.78 is 6.48. The maximum Gasteiger partial charge on any atom is 0.252 e. The number of ether oxygens (including phenoxy) is 1. The number of amides is 3. The minimum absolute atomic E-state index is 0.0132. The zero-order valence-corrected chi connectivity index (χ0v) is 21.8. The van der Waals surface area contributed by atoms with Crippen molar-refractivity contribution in [1.29, 1.82) is 5.26 Å². The van der Waals surface area contributed by atoms with Crippen LogP contribution in [0.25, 0.3) is 16.6 Å². The maximum absolute atomic E-state index is 12.9. The van der Waals surface area contributed by atoms with Crippen LogP contribution in [0.15, 0.2) is 36.8 Å². The molecule has 0 spiro atoms. The molecule has 12 heteroatoms. The molecule has 3 aromatic rings. The fourth-order valence-electron chi connectivity index (χ4n) is 4.93. The maximum atomic E-state index is 12.9. The molecule has 202 valence electrons. The minimum Gasteiger partial charge on any atom is -0.378 e. The minimum atomic E-state index is -0.869. The zero-order valence-electron chi connectivity index (χ0n) is 21.8. The van der Waals surface area contributed by atoms with Crippen LogP contribution in [0.3, 0.4) is 0 Å². The van der Waals surface area contributed by atoms with Gasteiger partial charge < -0.3 is 26.0 Å². The molecule has 5 rings (SSSR count). The number of nitrogens with two attached hydrogens (primary N) is 1. The smallest absolute Gasteiger partial charge is 0.252 e. The fraction of sp³-hybridized carbons (Fsp3) is 0.407. The van der Waals surface area contributed by atoms with Crippen LogP contribution in [0.5, 0.6) is 0 Å². The number of anilines is 1. The predicted octanol–water partition coefficient (Wildman–Crippen LogP) is 1.32. The highest BCUT2D eigenvalue weighted by Gasteiger charge is 2.54. The number of hydrogen-bond acceptors (Lipinski definition) is 8. The normalized spacial score (nSPS) is 19.5. The number of nitrogens with zero attached hydrogens (tertiary/aromatic N) is 5. The van der Waals surface area contributed by atoms with Crippen molar-refractivity contribution in [3.05, 3.63) is 48.0 Å². The Balaban J connectivity index is 1.38. The van der Waals surface area contributed by atoms with Crippen molar-refractivity contribution >= 4 is 28.9 Å². The Morgan fingerprint density at radius 3 is 2.67 bits per heavy atom. The molecular weight excluding hydrogens is 500 g/mol. The van der Waals surface area contributed by atoms with Crippen molar-refractivity contribution in [2.75, 3.05) is 32.1 Å². The van der Waals surface area contributed by atoms with E-state index in [9.17, 15) is 19.6 Å². The van der Waals surface area contributed by atoms with E-state index >= 15 is 0 Å². The highest BCUT2D eigenvalue weighted by atomic mass is 16.5. The van der Waals surface area contributed by atoms with Gasteiger partial charge in [-0.2, -0.15) is 10.4 Å². The second kappa shape index (κ2) is 10.3. The molecule has 0 bridgehead atoms. The molecule has 1 saturated heterocycles. The van der Waals surface area contributed by atoms with E-state index in [1.807, 2.05) is 31.3 Å². The van der Waals surface area contributed by atoms with E-state index in [-0.39, 0.29) is 42.5 Å². The first-order chi connectivity index (χ1) is 18.7. The summed E-state index contributed by atoms with van der Waals surface area (Å²) in [5.74, 6) is -0.861. The predicted molar refractivity (Wildman–Crippen MR) is 141 cm³/mol. The van der Waals surface area contributed by atoms with Crippen molar-refractivity contribution in [3.63, 3.8) is 0 Å². The number of fused-ring (bicyclic) bond motifs is 1. The monoisotopic (exact) mass is 530 g/mol. The van der Waals surface area contributed by atoms with Gasteiger partial charge in [-0.1, -0.05) is 13.0 Å². The molecule has 1 aliphatic carbocycles. The lowest BCUT2D eigenvalue weighted by Gasteiger charge is -2.21. The van der Waals surface area contributed by atoms with Gasteiger partial charge in [-0.05, 0) is 30.9 Å². The van der Waals surface area contributed by atoms with Crippen LogP contribution in [0.1, 0.15) is 35.8 Å². The van der Waals surface area contributed by atoms with Gasteiger partial charge in [-0.3, -0.25) is 19.4 Å². The lowest BCUT2D eigenvalue weighted by atomic mass is 10.1. The Hall–Kier alpha value is -4.50. The number of pyridine rings is 1. The van der Waals surface area contributed by atoms with Gasteiger partial charge in [0, 0.05) is 49.8 Å². The molecule has 2 unspecified atom stereocenters. The number of rotatable bonds is 9. The van der Waals surface area contributed by atoms with Crippen molar-refractivity contribution < 1.29 is 19.1 Å². The molecule has 39 heavy (non-hydrogen) atoms. The fourth-order valence-corrected chi connectivity index (χ4v) is 4.93. The number of nitrogens with one attached hydrogen (secondary N) is 2. The summed E-state index contributed by atoms with van der Waals surface area (Å²) in [5.41, 5.74) is 8.64. The van der Waals surface area contributed by atoms with Gasteiger partial charge >= 0.3 is 0 Å². The molecule has 0 radical (unpaired) electrons.